The van der Waals surface area contributed by atoms with Gasteiger partial charge in [0.1, 0.15) is 11.5 Å². The Balaban J connectivity index is 2.16. The molecule has 2 rings (SSSR count). The summed E-state index contributed by atoms with van der Waals surface area (Å²) < 4.78 is 15.7. The summed E-state index contributed by atoms with van der Waals surface area (Å²) in [7, 11) is 4.83. The largest absolute Gasteiger partial charge is 0.497 e. The van der Waals surface area contributed by atoms with Gasteiger partial charge in [0.2, 0.25) is 5.91 Å². The third kappa shape index (κ3) is 5.63. The molecule has 0 unspecified atom stereocenters. The van der Waals surface area contributed by atoms with Crippen molar-refractivity contribution in [2.75, 3.05) is 34.5 Å². The Hall–Kier alpha value is -2.79. The molecule has 5 nitrogen and oxygen atoms in total. The number of carbonyl (C=O) groups excluding carboxylic acids is 1. The van der Waals surface area contributed by atoms with Crippen molar-refractivity contribution in [2.45, 2.75) is 6.54 Å². The number of benzene rings is 2. The molecule has 0 spiro atoms. The molecule has 0 atom stereocenters. The second kappa shape index (κ2) is 10.3. The molecule has 0 aliphatic heterocycles. The highest BCUT2D eigenvalue weighted by Crippen LogP contribution is 2.25. The van der Waals surface area contributed by atoms with E-state index in [1.807, 2.05) is 48.5 Å². The van der Waals surface area contributed by atoms with Gasteiger partial charge in [-0.15, -0.1) is 0 Å². The zero-order valence-corrected chi connectivity index (χ0v) is 15.5. The topological polar surface area (TPSA) is 48.0 Å². The number of hydrogen-bond donors (Lipinski definition) is 0. The van der Waals surface area contributed by atoms with Crippen LogP contribution in [-0.2, 0) is 16.1 Å². The molecular weight excluding hydrogens is 330 g/mol. The van der Waals surface area contributed by atoms with Crippen LogP contribution >= 0.6 is 0 Å². The van der Waals surface area contributed by atoms with Gasteiger partial charge in [-0.1, -0.05) is 30.3 Å². The molecule has 0 N–H and O–H groups in total. The van der Waals surface area contributed by atoms with Crippen LogP contribution in [-0.4, -0.2) is 45.3 Å². The van der Waals surface area contributed by atoms with Crippen LogP contribution in [0.15, 0.2) is 54.6 Å². The van der Waals surface area contributed by atoms with E-state index < -0.39 is 0 Å². The summed E-state index contributed by atoms with van der Waals surface area (Å²) in [6.45, 7) is 1.53. The van der Waals surface area contributed by atoms with Crippen LogP contribution in [0.2, 0.25) is 0 Å². The van der Waals surface area contributed by atoms with Crippen molar-refractivity contribution >= 4 is 12.0 Å². The molecule has 5 heteroatoms. The monoisotopic (exact) mass is 355 g/mol. The van der Waals surface area contributed by atoms with Gasteiger partial charge >= 0.3 is 0 Å². The van der Waals surface area contributed by atoms with Gasteiger partial charge in [-0.3, -0.25) is 4.79 Å². The Morgan fingerprint density at radius 2 is 1.81 bits per heavy atom. The first-order valence-electron chi connectivity index (χ1n) is 8.39. The molecule has 0 aliphatic carbocycles. The number of amides is 1. The lowest BCUT2D eigenvalue weighted by Crippen LogP contribution is -2.32. The standard InChI is InChI=1S/C21H25NO4/c1-24-14-13-22(16-17-7-5-4-6-8-17)21(23)12-9-18-15-19(25-2)10-11-20(18)26-3/h4-12,15H,13-14,16H2,1-3H3/b12-9+. The van der Waals surface area contributed by atoms with Crippen LogP contribution in [0.1, 0.15) is 11.1 Å². The first kappa shape index (κ1) is 19.5. The summed E-state index contributed by atoms with van der Waals surface area (Å²) in [5, 5.41) is 0. The smallest absolute Gasteiger partial charge is 0.246 e. The summed E-state index contributed by atoms with van der Waals surface area (Å²) in [5.41, 5.74) is 1.86. The molecule has 0 fully saturated rings. The first-order valence-corrected chi connectivity index (χ1v) is 8.39. The van der Waals surface area contributed by atoms with E-state index in [4.69, 9.17) is 14.2 Å². The summed E-state index contributed by atoms with van der Waals surface area (Å²) in [6.07, 6.45) is 3.30. The van der Waals surface area contributed by atoms with E-state index >= 15 is 0 Å². The highest BCUT2D eigenvalue weighted by Gasteiger charge is 2.11. The number of ether oxygens (including phenoxy) is 3. The van der Waals surface area contributed by atoms with Gasteiger partial charge in [-0.2, -0.15) is 0 Å². The van der Waals surface area contributed by atoms with Crippen LogP contribution in [0.5, 0.6) is 11.5 Å². The third-order valence-electron chi connectivity index (χ3n) is 3.94. The molecule has 138 valence electrons. The number of methoxy groups -OCH3 is 3. The summed E-state index contributed by atoms with van der Waals surface area (Å²) in [5.74, 6) is 1.30. The van der Waals surface area contributed by atoms with Gasteiger partial charge in [-0.25, -0.2) is 0 Å². The lowest BCUT2D eigenvalue weighted by atomic mass is 10.1. The number of nitrogens with zero attached hydrogens (tertiary/aromatic N) is 1. The van der Waals surface area contributed by atoms with E-state index in [9.17, 15) is 4.79 Å². The van der Waals surface area contributed by atoms with Crippen LogP contribution in [0.25, 0.3) is 6.08 Å². The summed E-state index contributed by atoms with van der Waals surface area (Å²) in [4.78, 5) is 14.4. The molecule has 0 saturated heterocycles. The Morgan fingerprint density at radius 1 is 1.04 bits per heavy atom. The van der Waals surface area contributed by atoms with Gasteiger partial charge in [-0.05, 0) is 29.8 Å². The fourth-order valence-electron chi connectivity index (χ4n) is 2.51. The lowest BCUT2D eigenvalue weighted by molar-refractivity contribution is -0.127. The molecule has 0 radical (unpaired) electrons. The molecule has 0 bridgehead atoms. The van der Waals surface area contributed by atoms with Crippen molar-refractivity contribution < 1.29 is 19.0 Å². The van der Waals surface area contributed by atoms with Gasteiger partial charge in [0.15, 0.2) is 0 Å². The number of rotatable bonds is 9. The lowest BCUT2D eigenvalue weighted by Gasteiger charge is -2.21. The second-order valence-corrected chi connectivity index (χ2v) is 5.68. The minimum absolute atomic E-state index is 0.0872. The zero-order chi connectivity index (χ0) is 18.8. The van der Waals surface area contributed by atoms with Crippen molar-refractivity contribution in [1.29, 1.82) is 0 Å². The summed E-state index contributed by atoms with van der Waals surface area (Å²) in [6, 6.07) is 15.4. The zero-order valence-electron chi connectivity index (χ0n) is 15.5. The first-order chi connectivity index (χ1) is 12.7. The van der Waals surface area contributed by atoms with Crippen molar-refractivity contribution in [3.05, 3.63) is 65.7 Å². The Kier molecular flexibility index (Phi) is 7.71. The fourth-order valence-corrected chi connectivity index (χ4v) is 2.51. The Morgan fingerprint density at radius 3 is 2.46 bits per heavy atom. The number of hydrogen-bond acceptors (Lipinski definition) is 4. The SMILES string of the molecule is COCCN(Cc1ccccc1)C(=O)/C=C/c1cc(OC)ccc1OC. The highest BCUT2D eigenvalue weighted by molar-refractivity contribution is 5.92. The molecule has 0 aromatic heterocycles. The van der Waals surface area contributed by atoms with Crippen LogP contribution in [0.4, 0.5) is 0 Å². The fraction of sp³-hybridized carbons (Fsp3) is 0.286. The molecule has 2 aromatic rings. The van der Waals surface area contributed by atoms with Crippen LogP contribution < -0.4 is 9.47 Å². The van der Waals surface area contributed by atoms with Gasteiger partial charge in [0.25, 0.3) is 0 Å². The Labute approximate surface area is 154 Å². The van der Waals surface area contributed by atoms with Crippen molar-refractivity contribution in [3.8, 4) is 11.5 Å². The molecule has 26 heavy (non-hydrogen) atoms. The molecule has 2 aromatic carbocycles. The maximum atomic E-state index is 12.7. The highest BCUT2D eigenvalue weighted by atomic mass is 16.5. The van der Waals surface area contributed by atoms with Crippen LogP contribution in [0, 0.1) is 0 Å². The van der Waals surface area contributed by atoms with Gasteiger partial charge in [0.05, 0.1) is 20.8 Å². The minimum atomic E-state index is -0.0872. The molecule has 0 aliphatic rings. The van der Waals surface area contributed by atoms with E-state index in [1.54, 1.807) is 38.4 Å². The predicted molar refractivity (Wildman–Crippen MR) is 102 cm³/mol. The van der Waals surface area contributed by atoms with Crippen molar-refractivity contribution in [1.82, 2.24) is 4.90 Å². The average Bonchev–Trinajstić information content (AvgIpc) is 2.69. The van der Waals surface area contributed by atoms with Crippen molar-refractivity contribution in [3.63, 3.8) is 0 Å². The maximum absolute atomic E-state index is 12.7. The summed E-state index contributed by atoms with van der Waals surface area (Å²) >= 11 is 0. The third-order valence-corrected chi connectivity index (χ3v) is 3.94. The second-order valence-electron chi connectivity index (χ2n) is 5.68. The molecule has 0 heterocycles. The average molecular weight is 355 g/mol. The van der Waals surface area contributed by atoms with Gasteiger partial charge < -0.3 is 19.1 Å². The van der Waals surface area contributed by atoms with E-state index in [2.05, 4.69) is 0 Å². The van der Waals surface area contributed by atoms with E-state index in [1.165, 1.54) is 0 Å². The van der Waals surface area contributed by atoms with E-state index in [0.717, 1.165) is 11.1 Å². The molecule has 0 saturated carbocycles. The predicted octanol–water partition coefficient (Wildman–Crippen LogP) is 3.39. The van der Waals surface area contributed by atoms with E-state index in [0.29, 0.717) is 31.2 Å². The number of carbonyl (C=O) groups is 1. The Bertz CT molecular complexity index is 728. The quantitative estimate of drug-likeness (QED) is 0.647. The minimum Gasteiger partial charge on any atom is -0.497 e. The normalized spacial score (nSPS) is 10.7. The van der Waals surface area contributed by atoms with Crippen molar-refractivity contribution in [2.24, 2.45) is 0 Å². The van der Waals surface area contributed by atoms with Crippen LogP contribution in [0.3, 0.4) is 0 Å². The molecular formula is C21H25NO4. The maximum Gasteiger partial charge on any atom is 0.246 e. The van der Waals surface area contributed by atoms with E-state index in [-0.39, 0.29) is 5.91 Å². The van der Waals surface area contributed by atoms with Gasteiger partial charge in [0, 0.05) is 31.8 Å². The molecule has 1 amide bonds.